The lowest BCUT2D eigenvalue weighted by atomic mass is 10.1. The van der Waals surface area contributed by atoms with Crippen LogP contribution in [-0.4, -0.2) is 53.8 Å². The lowest BCUT2D eigenvalue weighted by Gasteiger charge is -2.29. The predicted molar refractivity (Wildman–Crippen MR) is 71.1 cm³/mol. The highest BCUT2D eigenvalue weighted by atomic mass is 16.5. The second-order valence-electron chi connectivity index (χ2n) is 5.02. The first kappa shape index (κ1) is 15.8. The zero-order chi connectivity index (χ0) is 14.4. The topological polar surface area (TPSA) is 78.9 Å². The van der Waals surface area contributed by atoms with Crippen LogP contribution in [0.4, 0.5) is 4.79 Å². The molecule has 2 amide bonds. The van der Waals surface area contributed by atoms with E-state index in [-0.39, 0.29) is 24.5 Å². The quantitative estimate of drug-likeness (QED) is 0.767. The summed E-state index contributed by atoms with van der Waals surface area (Å²) in [5, 5.41) is 11.7. The van der Waals surface area contributed by atoms with Gasteiger partial charge in [0, 0.05) is 32.2 Å². The molecule has 3 unspecified atom stereocenters. The first-order valence-corrected chi connectivity index (χ1v) is 6.81. The van der Waals surface area contributed by atoms with Gasteiger partial charge in [0.1, 0.15) is 6.04 Å². The van der Waals surface area contributed by atoms with Crippen LogP contribution in [0.3, 0.4) is 0 Å². The van der Waals surface area contributed by atoms with E-state index in [1.165, 1.54) is 7.11 Å². The van der Waals surface area contributed by atoms with Gasteiger partial charge in [-0.05, 0) is 26.2 Å². The Morgan fingerprint density at radius 3 is 2.68 bits per heavy atom. The van der Waals surface area contributed by atoms with Crippen LogP contribution in [0.25, 0.3) is 0 Å². The predicted octanol–water partition coefficient (Wildman–Crippen LogP) is 1.45. The normalized spacial score (nSPS) is 24.3. The van der Waals surface area contributed by atoms with Crippen LogP contribution in [0.1, 0.15) is 39.5 Å². The van der Waals surface area contributed by atoms with Gasteiger partial charge in [-0.2, -0.15) is 0 Å². The van der Waals surface area contributed by atoms with E-state index in [4.69, 9.17) is 9.84 Å². The summed E-state index contributed by atoms with van der Waals surface area (Å²) < 4.78 is 4.86. The maximum absolute atomic E-state index is 12.2. The van der Waals surface area contributed by atoms with E-state index < -0.39 is 12.0 Å². The first-order valence-electron chi connectivity index (χ1n) is 6.81. The van der Waals surface area contributed by atoms with Crippen molar-refractivity contribution in [1.82, 2.24) is 10.2 Å². The lowest BCUT2D eigenvalue weighted by molar-refractivity contribution is -0.139. The molecule has 1 saturated heterocycles. The van der Waals surface area contributed by atoms with Crippen molar-refractivity contribution in [2.24, 2.45) is 0 Å². The zero-order valence-corrected chi connectivity index (χ0v) is 11.9. The minimum atomic E-state index is -1.02. The molecular formula is C13H24N2O4. The zero-order valence-electron chi connectivity index (χ0n) is 11.9. The lowest BCUT2D eigenvalue weighted by Crippen LogP contribution is -2.51. The molecule has 110 valence electrons. The summed E-state index contributed by atoms with van der Waals surface area (Å²) in [4.78, 5) is 25.1. The van der Waals surface area contributed by atoms with Crippen molar-refractivity contribution in [1.29, 1.82) is 0 Å². The van der Waals surface area contributed by atoms with Crippen molar-refractivity contribution in [2.75, 3.05) is 13.7 Å². The van der Waals surface area contributed by atoms with E-state index in [1.807, 2.05) is 13.8 Å². The second-order valence-corrected chi connectivity index (χ2v) is 5.02. The number of nitrogens with zero attached hydrogens (tertiary/aromatic N) is 1. The van der Waals surface area contributed by atoms with Crippen molar-refractivity contribution in [3.63, 3.8) is 0 Å². The number of methoxy groups -OCH3 is 1. The van der Waals surface area contributed by atoms with Crippen molar-refractivity contribution < 1.29 is 19.4 Å². The minimum absolute atomic E-state index is 0.168. The Labute approximate surface area is 114 Å². The molecule has 6 heteroatoms. The molecule has 1 rings (SSSR count). The van der Waals surface area contributed by atoms with Gasteiger partial charge in [-0.3, -0.25) is 0 Å². The van der Waals surface area contributed by atoms with E-state index in [9.17, 15) is 9.59 Å². The fourth-order valence-corrected chi connectivity index (χ4v) is 2.56. The van der Waals surface area contributed by atoms with Crippen molar-refractivity contribution in [2.45, 2.75) is 57.7 Å². The molecule has 0 saturated carbocycles. The molecule has 1 aliphatic rings. The molecule has 2 N–H and O–H groups in total. The van der Waals surface area contributed by atoms with Crippen LogP contribution in [0, 0.1) is 0 Å². The standard InChI is InChI=1S/C13H24N2O4/c1-4-10-6-5-9(2)15(10)13(18)14-11(12(16)17)7-8-19-3/h9-11H,4-8H2,1-3H3,(H,14,18)(H,16,17). The number of rotatable bonds is 6. The molecule has 3 atom stereocenters. The van der Waals surface area contributed by atoms with Crippen molar-refractivity contribution in [3.05, 3.63) is 0 Å². The summed E-state index contributed by atoms with van der Waals surface area (Å²) in [5.74, 6) is -1.02. The summed E-state index contributed by atoms with van der Waals surface area (Å²) >= 11 is 0. The molecule has 0 radical (unpaired) electrons. The summed E-state index contributed by atoms with van der Waals surface area (Å²) in [6, 6.07) is -0.785. The van der Waals surface area contributed by atoms with E-state index in [2.05, 4.69) is 5.32 Å². The number of ether oxygens (including phenoxy) is 1. The van der Waals surface area contributed by atoms with Crippen LogP contribution in [0.5, 0.6) is 0 Å². The Balaban J connectivity index is 2.62. The van der Waals surface area contributed by atoms with E-state index >= 15 is 0 Å². The molecule has 0 aromatic rings. The third-order valence-corrected chi connectivity index (χ3v) is 3.70. The molecule has 1 fully saturated rings. The van der Waals surface area contributed by atoms with Crippen LogP contribution in [-0.2, 0) is 9.53 Å². The Hall–Kier alpha value is -1.30. The average molecular weight is 272 g/mol. The van der Waals surface area contributed by atoms with Gasteiger partial charge in [0.05, 0.1) is 0 Å². The summed E-state index contributed by atoms with van der Waals surface area (Å²) in [5.41, 5.74) is 0. The number of likely N-dealkylation sites (tertiary alicyclic amines) is 1. The highest BCUT2D eigenvalue weighted by Gasteiger charge is 2.34. The number of carbonyl (C=O) groups excluding carboxylic acids is 1. The minimum Gasteiger partial charge on any atom is -0.480 e. The van der Waals surface area contributed by atoms with Gasteiger partial charge in [0.2, 0.25) is 0 Å². The van der Waals surface area contributed by atoms with Gasteiger partial charge < -0.3 is 20.1 Å². The third-order valence-electron chi connectivity index (χ3n) is 3.70. The fraction of sp³-hybridized carbons (Fsp3) is 0.846. The summed E-state index contributed by atoms with van der Waals surface area (Å²) in [6.45, 7) is 4.35. The summed E-state index contributed by atoms with van der Waals surface area (Å²) in [7, 11) is 1.51. The number of carboxylic acids is 1. The van der Waals surface area contributed by atoms with E-state index in [0.29, 0.717) is 6.61 Å². The molecule has 1 aliphatic heterocycles. The summed E-state index contributed by atoms with van der Waals surface area (Å²) in [6.07, 6.45) is 3.13. The largest absolute Gasteiger partial charge is 0.480 e. The Kier molecular flexibility index (Phi) is 6.08. The van der Waals surface area contributed by atoms with Gasteiger partial charge >= 0.3 is 12.0 Å². The number of amides is 2. The Bertz CT molecular complexity index is 322. The van der Waals surface area contributed by atoms with Gasteiger partial charge in [0.15, 0.2) is 0 Å². The van der Waals surface area contributed by atoms with Crippen LogP contribution >= 0.6 is 0 Å². The van der Waals surface area contributed by atoms with Gasteiger partial charge in [-0.15, -0.1) is 0 Å². The number of hydrogen-bond acceptors (Lipinski definition) is 3. The van der Waals surface area contributed by atoms with Crippen LogP contribution in [0.15, 0.2) is 0 Å². The number of aliphatic carboxylic acids is 1. The monoisotopic (exact) mass is 272 g/mol. The van der Waals surface area contributed by atoms with Gasteiger partial charge in [-0.1, -0.05) is 6.92 Å². The molecule has 6 nitrogen and oxygen atoms in total. The molecule has 0 aliphatic carbocycles. The van der Waals surface area contributed by atoms with E-state index in [0.717, 1.165) is 19.3 Å². The Morgan fingerprint density at radius 1 is 1.47 bits per heavy atom. The highest BCUT2D eigenvalue weighted by Crippen LogP contribution is 2.25. The average Bonchev–Trinajstić information content (AvgIpc) is 2.75. The van der Waals surface area contributed by atoms with Crippen molar-refractivity contribution >= 4 is 12.0 Å². The number of carboxylic acid groups (broad SMARTS) is 1. The number of carbonyl (C=O) groups is 2. The van der Waals surface area contributed by atoms with Crippen LogP contribution < -0.4 is 5.32 Å². The SMILES string of the molecule is CCC1CCC(C)N1C(=O)NC(CCOC)C(=O)O. The van der Waals surface area contributed by atoms with E-state index in [1.54, 1.807) is 4.90 Å². The van der Waals surface area contributed by atoms with Crippen molar-refractivity contribution in [3.8, 4) is 0 Å². The van der Waals surface area contributed by atoms with Gasteiger partial charge in [-0.25, -0.2) is 9.59 Å². The third kappa shape index (κ3) is 4.09. The number of hydrogen-bond donors (Lipinski definition) is 2. The number of urea groups is 1. The molecule has 0 bridgehead atoms. The molecule has 19 heavy (non-hydrogen) atoms. The molecule has 0 aromatic carbocycles. The fourth-order valence-electron chi connectivity index (χ4n) is 2.56. The highest BCUT2D eigenvalue weighted by molar-refractivity contribution is 5.83. The molecular weight excluding hydrogens is 248 g/mol. The molecule has 0 spiro atoms. The molecule has 1 heterocycles. The first-order chi connectivity index (χ1) is 9.01. The smallest absolute Gasteiger partial charge is 0.326 e. The van der Waals surface area contributed by atoms with Gasteiger partial charge in [0.25, 0.3) is 0 Å². The second kappa shape index (κ2) is 7.33. The van der Waals surface area contributed by atoms with Crippen LogP contribution in [0.2, 0.25) is 0 Å². The maximum Gasteiger partial charge on any atom is 0.326 e. The number of nitrogens with one attached hydrogen (secondary N) is 1. The molecule has 0 aromatic heterocycles. The maximum atomic E-state index is 12.2. The Morgan fingerprint density at radius 2 is 2.16 bits per heavy atom.